The van der Waals surface area contributed by atoms with Crippen molar-refractivity contribution in [1.82, 2.24) is 5.32 Å². The number of Topliss-reactive ketones (excluding diaryl/α,β-unsaturated/α-hetero) is 1. The maximum atomic E-state index is 11.6. The highest BCUT2D eigenvalue weighted by molar-refractivity contribution is 5.85. The Kier molecular flexibility index (Phi) is 11.5. The van der Waals surface area contributed by atoms with E-state index in [1.165, 1.54) is 32.6 Å². The molecule has 112 valence electrons. The summed E-state index contributed by atoms with van der Waals surface area (Å²) in [7, 11) is 1.66. The van der Waals surface area contributed by atoms with Gasteiger partial charge in [-0.25, -0.2) is 0 Å². The molecule has 0 heterocycles. The van der Waals surface area contributed by atoms with E-state index in [9.17, 15) is 9.59 Å². The summed E-state index contributed by atoms with van der Waals surface area (Å²) in [5.41, 5.74) is 3.81. The molecule has 0 amide bonds. The van der Waals surface area contributed by atoms with E-state index in [2.05, 4.69) is 11.1 Å². The van der Waals surface area contributed by atoms with Crippen LogP contribution in [0.15, 0.2) is 0 Å². The second kappa shape index (κ2) is 12.1. The molecule has 0 aromatic carbocycles. The molecule has 0 aromatic rings. The van der Waals surface area contributed by atoms with Crippen molar-refractivity contribution in [3.05, 3.63) is 0 Å². The molecule has 0 rings (SSSR count). The van der Waals surface area contributed by atoms with Crippen molar-refractivity contribution in [1.29, 1.82) is 0 Å². The second-order valence-corrected chi connectivity index (χ2v) is 4.89. The summed E-state index contributed by atoms with van der Waals surface area (Å²) in [6.45, 7) is 2.94. The van der Waals surface area contributed by atoms with Gasteiger partial charge >= 0.3 is 5.97 Å². The third kappa shape index (κ3) is 10.7. The minimum absolute atomic E-state index is 0.0123. The molecule has 19 heavy (non-hydrogen) atoms. The van der Waals surface area contributed by atoms with Crippen LogP contribution in [0.2, 0.25) is 0 Å². The minimum atomic E-state index is -0.505. The second-order valence-electron chi connectivity index (χ2n) is 4.89. The largest absolute Gasteiger partial charge is 0.465 e. The predicted molar refractivity (Wildman–Crippen MR) is 74.6 cm³/mol. The van der Waals surface area contributed by atoms with Crippen molar-refractivity contribution in [2.75, 3.05) is 20.2 Å². The predicted octanol–water partition coefficient (Wildman–Crippen LogP) is 0.679. The summed E-state index contributed by atoms with van der Waals surface area (Å²) in [5.74, 6) is -0.337. The summed E-state index contributed by atoms with van der Waals surface area (Å²) < 4.78 is 5.16. The number of nitrogens with one attached hydrogen (secondary N) is 1. The van der Waals surface area contributed by atoms with Crippen molar-refractivity contribution >= 4 is 11.8 Å². The average Bonchev–Trinajstić information content (AvgIpc) is 2.38. The van der Waals surface area contributed by atoms with Crippen molar-refractivity contribution in [2.24, 2.45) is 0 Å². The van der Waals surface area contributed by atoms with Crippen LogP contribution in [-0.2, 0) is 14.3 Å². The Hall–Kier alpha value is -0.940. The number of ether oxygens (including phenoxy) is 1. The van der Waals surface area contributed by atoms with Gasteiger partial charge in [0.15, 0.2) is 0 Å². The van der Waals surface area contributed by atoms with Crippen molar-refractivity contribution in [3.8, 4) is 0 Å². The quantitative estimate of drug-likeness (QED) is 0.404. The summed E-state index contributed by atoms with van der Waals surface area (Å²) in [6.07, 6.45) is 7.02. The number of esters is 1. The van der Waals surface area contributed by atoms with Crippen LogP contribution >= 0.6 is 0 Å². The van der Waals surface area contributed by atoms with Crippen LogP contribution < -0.4 is 11.1 Å². The highest BCUT2D eigenvalue weighted by atomic mass is 16.5. The highest BCUT2D eigenvalue weighted by Gasteiger charge is 2.19. The number of carbonyl (C=O) groups excluding carboxylic acids is 2. The van der Waals surface area contributed by atoms with Gasteiger partial charge < -0.3 is 15.8 Å². The molecule has 1 atom stereocenters. The Morgan fingerprint density at radius 2 is 1.68 bits per heavy atom. The molecule has 0 aliphatic rings. The van der Waals surface area contributed by atoms with Gasteiger partial charge in [-0.1, -0.05) is 19.3 Å². The van der Waals surface area contributed by atoms with Crippen LogP contribution in [0.5, 0.6) is 0 Å². The lowest BCUT2D eigenvalue weighted by molar-refractivity contribution is -0.368. The number of unbranched alkanes of at least 4 members (excludes halogenated alkanes) is 5. The van der Waals surface area contributed by atoms with Crippen LogP contribution in [0.3, 0.4) is 0 Å². The smallest absolute Gasteiger partial charge is 0.323 e. The fourth-order valence-corrected chi connectivity index (χ4v) is 1.85. The van der Waals surface area contributed by atoms with Crippen LogP contribution in [0, 0.1) is 0 Å². The standard InChI is InChI=1S/C14H28N2O3/c1-12(17)11-13(16-2)14(18)19-10-8-6-4-3-5-7-9-15/h13,16H,3-11,15H2,1-2H3/p+1/t13-/m0/s1. The maximum absolute atomic E-state index is 11.6. The molecule has 0 aliphatic heterocycles. The van der Waals surface area contributed by atoms with E-state index in [1.807, 2.05) is 0 Å². The molecular formula is C14H29N2O3+. The minimum Gasteiger partial charge on any atom is -0.465 e. The lowest BCUT2D eigenvalue weighted by Crippen LogP contribution is -2.50. The lowest BCUT2D eigenvalue weighted by atomic mass is 10.1. The van der Waals surface area contributed by atoms with Crippen LogP contribution in [0.1, 0.15) is 51.9 Å². The third-order valence-electron chi connectivity index (χ3n) is 3.01. The first-order chi connectivity index (χ1) is 9.11. The molecule has 0 radical (unpaired) electrons. The van der Waals surface area contributed by atoms with E-state index >= 15 is 0 Å². The molecule has 0 aliphatic carbocycles. The first-order valence-electron chi connectivity index (χ1n) is 7.24. The van der Waals surface area contributed by atoms with Crippen LogP contribution in [0.25, 0.3) is 0 Å². The number of ketones is 1. The van der Waals surface area contributed by atoms with Gasteiger partial charge in [-0.15, -0.1) is 0 Å². The number of hydrogen-bond acceptors (Lipinski definition) is 4. The van der Waals surface area contributed by atoms with E-state index in [4.69, 9.17) is 4.74 Å². The molecule has 0 fully saturated rings. The van der Waals surface area contributed by atoms with E-state index in [0.29, 0.717) is 6.61 Å². The van der Waals surface area contributed by atoms with E-state index in [1.54, 1.807) is 7.05 Å². The van der Waals surface area contributed by atoms with Gasteiger partial charge in [0.25, 0.3) is 0 Å². The zero-order chi connectivity index (χ0) is 14.5. The normalized spacial score (nSPS) is 12.2. The van der Waals surface area contributed by atoms with Gasteiger partial charge in [0.05, 0.1) is 13.2 Å². The van der Waals surface area contributed by atoms with Gasteiger partial charge in [-0.3, -0.25) is 9.59 Å². The average molecular weight is 273 g/mol. The topological polar surface area (TPSA) is 83.0 Å². The number of quaternary nitrogens is 1. The molecule has 4 N–H and O–H groups in total. The lowest BCUT2D eigenvalue weighted by Gasteiger charge is -2.13. The van der Waals surface area contributed by atoms with Crippen molar-refractivity contribution < 1.29 is 20.1 Å². The van der Waals surface area contributed by atoms with Gasteiger partial charge in [-0.2, -0.15) is 0 Å². The Morgan fingerprint density at radius 3 is 2.21 bits per heavy atom. The van der Waals surface area contributed by atoms with Gasteiger partial charge in [0, 0.05) is 6.42 Å². The summed E-state index contributed by atoms with van der Waals surface area (Å²) in [4.78, 5) is 22.6. The van der Waals surface area contributed by atoms with Gasteiger partial charge in [-0.05, 0) is 33.2 Å². The number of likely N-dealkylation sites (N-methyl/N-ethyl adjacent to an activating group) is 1. The molecule has 0 saturated heterocycles. The fourth-order valence-electron chi connectivity index (χ4n) is 1.85. The first kappa shape index (κ1) is 18.1. The maximum Gasteiger partial charge on any atom is 0.323 e. The van der Waals surface area contributed by atoms with Crippen LogP contribution in [-0.4, -0.2) is 38.0 Å². The molecule has 0 spiro atoms. The van der Waals surface area contributed by atoms with Gasteiger partial charge in [0.1, 0.15) is 11.8 Å². The molecule has 0 aromatic heterocycles. The Bertz CT molecular complexity index is 257. The Balaban J connectivity index is 3.53. The molecule has 5 nitrogen and oxygen atoms in total. The Labute approximate surface area is 116 Å². The number of hydrogen-bond donors (Lipinski definition) is 2. The summed E-state index contributed by atoms with van der Waals surface area (Å²) in [5, 5.41) is 2.81. The van der Waals surface area contributed by atoms with E-state index in [-0.39, 0.29) is 18.2 Å². The fraction of sp³-hybridized carbons (Fsp3) is 0.857. The van der Waals surface area contributed by atoms with Crippen molar-refractivity contribution in [2.45, 2.75) is 57.9 Å². The van der Waals surface area contributed by atoms with E-state index < -0.39 is 6.04 Å². The molecular weight excluding hydrogens is 244 g/mol. The number of carbonyl (C=O) groups is 2. The van der Waals surface area contributed by atoms with E-state index in [0.717, 1.165) is 19.4 Å². The molecule has 0 bridgehead atoms. The molecule has 5 heteroatoms. The Morgan fingerprint density at radius 1 is 1.11 bits per heavy atom. The third-order valence-corrected chi connectivity index (χ3v) is 3.01. The molecule has 0 saturated carbocycles. The zero-order valence-electron chi connectivity index (χ0n) is 12.4. The SMILES string of the molecule is CN[C@@H](CC(C)=O)C(=O)OCCCCCCCC[NH3+]. The van der Waals surface area contributed by atoms with Crippen molar-refractivity contribution in [3.63, 3.8) is 0 Å². The summed E-state index contributed by atoms with van der Waals surface area (Å²) in [6, 6.07) is -0.505. The zero-order valence-corrected chi connectivity index (χ0v) is 12.4. The molecule has 0 unspecified atom stereocenters. The highest BCUT2D eigenvalue weighted by Crippen LogP contribution is 2.05. The van der Waals surface area contributed by atoms with Gasteiger partial charge in [0.2, 0.25) is 0 Å². The number of rotatable bonds is 12. The monoisotopic (exact) mass is 273 g/mol. The van der Waals surface area contributed by atoms with Crippen LogP contribution in [0.4, 0.5) is 0 Å². The first-order valence-corrected chi connectivity index (χ1v) is 7.24. The summed E-state index contributed by atoms with van der Waals surface area (Å²) >= 11 is 0.